The molecular formula is C61H56N4OPt. The summed E-state index contributed by atoms with van der Waals surface area (Å²) in [6.45, 7) is 13.3. The van der Waals surface area contributed by atoms with Crippen LogP contribution in [-0.2, 0) is 36.6 Å². The zero-order valence-electron chi connectivity index (χ0n) is 42.9. The Hall–Kier alpha value is -6.55. The van der Waals surface area contributed by atoms with Gasteiger partial charge in [0.25, 0.3) is 0 Å². The molecule has 0 N–H and O–H groups in total. The molecule has 6 heteroatoms. The quantitative estimate of drug-likeness (QED) is 0.149. The molecule has 0 saturated carbocycles. The Morgan fingerprint density at radius 3 is 1.94 bits per heavy atom. The molecule has 1 aliphatic carbocycles. The predicted molar refractivity (Wildman–Crippen MR) is 274 cm³/mol. The van der Waals surface area contributed by atoms with Crippen molar-refractivity contribution in [2.75, 3.05) is 0 Å². The topological polar surface area (TPSA) is 36.9 Å². The number of nitrogens with zero attached hydrogens (tertiary/aromatic N) is 4. The number of aryl methyl sites for hydroxylation is 1. The van der Waals surface area contributed by atoms with Crippen LogP contribution in [-0.4, -0.2) is 18.7 Å². The van der Waals surface area contributed by atoms with Gasteiger partial charge in [-0.25, -0.2) is 4.98 Å². The Balaban J connectivity index is 1.08. The summed E-state index contributed by atoms with van der Waals surface area (Å²) in [7, 11) is 0. The first-order valence-electron chi connectivity index (χ1n) is 25.4. The maximum atomic E-state index is 9.13. The summed E-state index contributed by atoms with van der Waals surface area (Å²) in [4.78, 5) is 4.79. The van der Waals surface area contributed by atoms with E-state index < -0.39 is 0 Å². The van der Waals surface area contributed by atoms with Crippen LogP contribution in [0.1, 0.15) is 94.6 Å². The standard InChI is InChI=1S/C61H56N4O.Pt/c1-60(2,3)44-33-34-62-58(37-44)65-54-26-16-14-24-48(54)49-32-31-47(39-57(49)65)66-46-30-29-43-23-13-15-25-53(50(43)38-46)63-40-64(56-28-18-17-27-55(56)63)59-51(41-19-9-7-10-20-41)35-45(61(4,5)6)36-52(59)42-21-11-8-12-22-42;/h7-12,14,16-22,24,26-39,53H,13,15,23,25H2,1-6H3;/i14D,16D,24D,26D;. The van der Waals surface area contributed by atoms with Crippen molar-refractivity contribution < 1.29 is 29.6 Å². The minimum absolute atomic E-state index is 0.0131. The van der Waals surface area contributed by atoms with E-state index in [4.69, 9.17) is 15.2 Å². The Labute approximate surface area is 410 Å². The van der Waals surface area contributed by atoms with Crippen LogP contribution >= 0.6 is 0 Å². The van der Waals surface area contributed by atoms with Crippen LogP contribution in [0, 0.1) is 3.80 Å². The molecule has 0 fully saturated rings. The maximum absolute atomic E-state index is 9.13. The summed E-state index contributed by atoms with van der Waals surface area (Å²) in [5.74, 6) is 1.88. The van der Waals surface area contributed by atoms with Gasteiger partial charge in [-0.15, -0.1) is 0 Å². The summed E-state index contributed by atoms with van der Waals surface area (Å²) < 4.78 is 50.4. The fourth-order valence-corrected chi connectivity index (χ4v) is 11.2. The van der Waals surface area contributed by atoms with Gasteiger partial charge in [0, 0.05) is 6.20 Å². The second kappa shape index (κ2) is 17.0. The normalized spacial score (nSPS) is 15.3. The minimum atomic E-state index is -0.281. The van der Waals surface area contributed by atoms with Gasteiger partial charge in [0.1, 0.15) is 0 Å². The summed E-state index contributed by atoms with van der Waals surface area (Å²) in [6, 6.07) is 50.9. The van der Waals surface area contributed by atoms with Gasteiger partial charge in [-0.3, -0.25) is 0 Å². The average Bonchev–Trinajstić information content (AvgIpc) is 3.77. The number of aromatic nitrogens is 4. The van der Waals surface area contributed by atoms with Crippen LogP contribution in [0.4, 0.5) is 0 Å². The first kappa shape index (κ1) is 38.5. The van der Waals surface area contributed by atoms with Gasteiger partial charge in [-0.2, -0.15) is 0 Å². The molecular weight excluding hydrogens is 1000 g/mol. The molecule has 0 saturated heterocycles. The fraction of sp³-hybridized carbons (Fsp3) is 0.213. The third-order valence-corrected chi connectivity index (χ3v) is 14.6. The number of rotatable bonds is 7. The van der Waals surface area contributed by atoms with Gasteiger partial charge in [0.2, 0.25) is 0 Å². The molecule has 1 atom stereocenters. The molecule has 3 aromatic heterocycles. The van der Waals surface area contributed by atoms with Crippen LogP contribution in [0.15, 0.2) is 176 Å². The molecule has 5 nitrogen and oxygen atoms in total. The van der Waals surface area contributed by atoms with E-state index in [2.05, 4.69) is 185 Å². The van der Waals surface area contributed by atoms with Crippen LogP contribution in [0.5, 0.6) is 11.5 Å². The van der Waals surface area contributed by atoms with E-state index in [1.165, 1.54) is 38.9 Å². The van der Waals surface area contributed by atoms with Gasteiger partial charge in [0.15, 0.2) is 0 Å². The van der Waals surface area contributed by atoms with Crippen molar-refractivity contribution in [2.45, 2.75) is 84.1 Å². The van der Waals surface area contributed by atoms with Crippen LogP contribution in [0.2, 0.25) is 0 Å². The third-order valence-electron chi connectivity index (χ3n) is 13.5. The molecule has 1 unspecified atom stereocenters. The summed E-state index contributed by atoms with van der Waals surface area (Å²) >= 11 is 2.58. The molecule has 67 heavy (non-hydrogen) atoms. The van der Waals surface area contributed by atoms with E-state index in [1.807, 2.05) is 34.9 Å². The van der Waals surface area contributed by atoms with Gasteiger partial charge in [0.05, 0.1) is 5.48 Å². The Bertz CT molecular complexity index is 3730. The van der Waals surface area contributed by atoms with Crippen LogP contribution in [0.3, 0.4) is 0 Å². The van der Waals surface area contributed by atoms with Crippen molar-refractivity contribution in [3.63, 3.8) is 0 Å². The number of pyridine rings is 1. The number of hydrogen-bond donors (Lipinski definition) is 0. The van der Waals surface area contributed by atoms with E-state index in [-0.39, 0.29) is 41.0 Å². The van der Waals surface area contributed by atoms with Gasteiger partial charge in [-0.1, -0.05) is 38.9 Å². The zero-order chi connectivity index (χ0) is 49.5. The molecule has 7 aromatic carbocycles. The number of fused-ring (bicyclic) bond motifs is 5. The Kier molecular flexibility index (Phi) is 9.75. The molecule has 3 heterocycles. The van der Waals surface area contributed by atoms with E-state index in [1.54, 1.807) is 6.20 Å². The molecule has 11 rings (SSSR count). The molecule has 0 radical (unpaired) electrons. The van der Waals surface area contributed by atoms with Crippen molar-refractivity contribution in [3.05, 3.63) is 202 Å². The average molecular weight is 1060 g/mol. The number of hydrogen-bond acceptors (Lipinski definition) is 2. The molecule has 10 aromatic rings. The van der Waals surface area contributed by atoms with Crippen molar-refractivity contribution in [2.24, 2.45) is 0 Å². The third kappa shape index (κ3) is 7.81. The number of ether oxygens (including phenoxy) is 1. The summed E-state index contributed by atoms with van der Waals surface area (Å²) in [5.41, 5.74) is 13.9. The van der Waals surface area contributed by atoms with Gasteiger partial charge < -0.3 is 0 Å². The van der Waals surface area contributed by atoms with Crippen molar-refractivity contribution in [1.29, 1.82) is 0 Å². The van der Waals surface area contributed by atoms with E-state index in [9.17, 15) is 0 Å². The molecule has 0 spiro atoms. The smallest absolute Gasteiger partial charge is 0.239 e. The first-order chi connectivity index (χ1) is 34.1. The van der Waals surface area contributed by atoms with Crippen LogP contribution in [0.25, 0.3) is 66.6 Å². The SMILES string of the molecule is [2H]c1c([2H])c([2H])c2c(c1[2H])c1ccc(Oc3ccc4c(c3)C(n3[c](=[Pt])n(-c5c(-c6ccccc6)cc(C(C)(C)C)cc5-c5ccccc5)c5ccccc53)CCCC4)cc1n2-c1cc(C(C)(C)C)ccn1. The van der Waals surface area contributed by atoms with Gasteiger partial charge in [-0.05, 0) is 29.2 Å². The Morgan fingerprint density at radius 1 is 0.597 bits per heavy atom. The first-order valence-corrected chi connectivity index (χ1v) is 24.5. The fourth-order valence-electron chi connectivity index (χ4n) is 10.0. The monoisotopic (exact) mass is 1060 g/mol. The number of benzene rings is 7. The molecule has 0 aliphatic heterocycles. The second-order valence-corrected chi connectivity index (χ2v) is 21.0. The number of para-hydroxylation sites is 3. The number of imidazole rings is 1. The minimum Gasteiger partial charge on any atom is -0.239 e. The van der Waals surface area contributed by atoms with Crippen molar-refractivity contribution in [1.82, 2.24) is 18.7 Å². The second-order valence-electron chi connectivity index (χ2n) is 20.0. The summed E-state index contributed by atoms with van der Waals surface area (Å²) in [5, 5.41) is 1.15. The van der Waals surface area contributed by atoms with E-state index in [0.29, 0.717) is 39.1 Å². The van der Waals surface area contributed by atoms with Gasteiger partial charge >= 0.3 is 328 Å². The van der Waals surface area contributed by atoms with E-state index in [0.717, 1.165) is 51.8 Å². The molecule has 1 aliphatic rings. The van der Waals surface area contributed by atoms with Crippen LogP contribution < -0.4 is 4.74 Å². The van der Waals surface area contributed by atoms with Crippen molar-refractivity contribution in [3.8, 4) is 45.3 Å². The Morgan fingerprint density at radius 2 is 1.24 bits per heavy atom. The van der Waals surface area contributed by atoms with Crippen molar-refractivity contribution >= 4 is 32.8 Å². The molecule has 336 valence electrons. The van der Waals surface area contributed by atoms with E-state index >= 15 is 0 Å². The predicted octanol–water partition coefficient (Wildman–Crippen LogP) is 16.0. The molecule has 0 amide bonds. The summed E-state index contributed by atoms with van der Waals surface area (Å²) in [6.07, 6.45) is 5.87. The molecule has 0 bridgehead atoms. The zero-order valence-corrected chi connectivity index (χ0v) is 41.1.